The van der Waals surface area contributed by atoms with Gasteiger partial charge in [-0.2, -0.15) is 0 Å². The molecule has 124 valence electrons. The second-order valence-electron chi connectivity index (χ2n) is 6.54. The maximum atomic E-state index is 12.9. The van der Waals surface area contributed by atoms with Gasteiger partial charge in [-0.15, -0.1) is 11.8 Å². The van der Waals surface area contributed by atoms with Gasteiger partial charge in [-0.3, -0.25) is 9.59 Å². The van der Waals surface area contributed by atoms with Crippen molar-refractivity contribution in [1.29, 1.82) is 0 Å². The molecule has 1 aromatic carbocycles. The molecular weight excluding hydrogens is 308 g/mol. The third-order valence-corrected chi connectivity index (χ3v) is 5.89. The molecule has 2 aliphatic rings. The first-order valence-electron chi connectivity index (χ1n) is 8.30. The highest BCUT2D eigenvalue weighted by atomic mass is 32.2. The number of rotatable bonds is 3. The van der Waals surface area contributed by atoms with Gasteiger partial charge in [-0.1, -0.05) is 25.0 Å². The quantitative estimate of drug-likeness (QED) is 0.854. The molecule has 0 aromatic heterocycles. The number of nitrogens with zero attached hydrogens (tertiary/aromatic N) is 2. The van der Waals surface area contributed by atoms with Crippen LogP contribution in [-0.2, 0) is 9.59 Å². The summed E-state index contributed by atoms with van der Waals surface area (Å²) < 4.78 is 0. The van der Waals surface area contributed by atoms with E-state index < -0.39 is 0 Å². The number of thioether (sulfide) groups is 1. The molecule has 0 radical (unpaired) electrons. The molecule has 1 unspecified atom stereocenters. The van der Waals surface area contributed by atoms with Crippen LogP contribution in [0.25, 0.3) is 0 Å². The first-order valence-corrected chi connectivity index (χ1v) is 9.46. The Labute approximate surface area is 142 Å². The Morgan fingerprint density at radius 3 is 2.70 bits per heavy atom. The van der Waals surface area contributed by atoms with Gasteiger partial charge in [0, 0.05) is 24.4 Å². The van der Waals surface area contributed by atoms with Gasteiger partial charge in [-0.25, -0.2) is 0 Å². The average molecular weight is 332 g/mol. The Kier molecular flexibility index (Phi) is 4.95. The zero-order valence-electron chi connectivity index (χ0n) is 13.8. The van der Waals surface area contributed by atoms with Gasteiger partial charge in [0.1, 0.15) is 6.04 Å². The van der Waals surface area contributed by atoms with Gasteiger partial charge < -0.3 is 9.80 Å². The highest BCUT2D eigenvalue weighted by Crippen LogP contribution is 2.31. The van der Waals surface area contributed by atoms with Crippen molar-refractivity contribution in [3.8, 4) is 0 Å². The Morgan fingerprint density at radius 1 is 1.26 bits per heavy atom. The third-order valence-electron chi connectivity index (χ3n) is 4.87. The summed E-state index contributed by atoms with van der Waals surface area (Å²) in [5.74, 6) is 1.68. The molecule has 23 heavy (non-hydrogen) atoms. The number of amides is 2. The summed E-state index contributed by atoms with van der Waals surface area (Å²) in [6.07, 6.45) is 4.24. The molecule has 1 saturated heterocycles. The van der Waals surface area contributed by atoms with Gasteiger partial charge in [-0.05, 0) is 37.5 Å². The zero-order valence-corrected chi connectivity index (χ0v) is 14.6. The molecule has 0 spiro atoms. The van der Waals surface area contributed by atoms with Crippen LogP contribution in [0.15, 0.2) is 24.3 Å². The number of benzene rings is 1. The van der Waals surface area contributed by atoms with Crippen molar-refractivity contribution in [2.24, 2.45) is 5.92 Å². The predicted octanol–water partition coefficient (Wildman–Crippen LogP) is 3.05. The Hall–Kier alpha value is -1.49. The van der Waals surface area contributed by atoms with Crippen molar-refractivity contribution in [1.82, 2.24) is 4.90 Å². The summed E-state index contributed by atoms with van der Waals surface area (Å²) in [6.45, 7) is 2.02. The number of hydrogen-bond donors (Lipinski definition) is 0. The molecule has 1 aliphatic carbocycles. The summed E-state index contributed by atoms with van der Waals surface area (Å²) in [5, 5.41) is 0. The van der Waals surface area contributed by atoms with Crippen molar-refractivity contribution in [2.75, 3.05) is 23.6 Å². The second-order valence-corrected chi connectivity index (χ2v) is 7.54. The van der Waals surface area contributed by atoms with E-state index >= 15 is 0 Å². The smallest absolute Gasteiger partial charge is 0.250 e. The van der Waals surface area contributed by atoms with E-state index in [-0.39, 0.29) is 23.8 Å². The van der Waals surface area contributed by atoms with Crippen LogP contribution in [-0.4, -0.2) is 41.4 Å². The Balaban J connectivity index is 1.73. The molecule has 3 rings (SSSR count). The Morgan fingerprint density at radius 2 is 2.00 bits per heavy atom. The predicted molar refractivity (Wildman–Crippen MR) is 94.5 cm³/mol. The van der Waals surface area contributed by atoms with Gasteiger partial charge in [0.25, 0.3) is 0 Å². The van der Waals surface area contributed by atoms with E-state index in [1.165, 1.54) is 0 Å². The van der Waals surface area contributed by atoms with Crippen molar-refractivity contribution in [3.05, 3.63) is 29.8 Å². The molecule has 4 nitrogen and oxygen atoms in total. The number of likely N-dealkylation sites (N-methyl/N-ethyl adjacent to an activating group) is 1. The van der Waals surface area contributed by atoms with Crippen LogP contribution in [0.3, 0.4) is 0 Å². The molecule has 1 atom stereocenters. The molecule has 1 aromatic rings. The topological polar surface area (TPSA) is 40.6 Å². The Bertz CT molecular complexity index is 598. The van der Waals surface area contributed by atoms with E-state index in [1.807, 2.05) is 36.1 Å². The highest BCUT2D eigenvalue weighted by molar-refractivity contribution is 7.99. The van der Waals surface area contributed by atoms with Crippen LogP contribution >= 0.6 is 11.8 Å². The lowest BCUT2D eigenvalue weighted by Crippen LogP contribution is -2.49. The highest BCUT2D eigenvalue weighted by Gasteiger charge is 2.39. The van der Waals surface area contributed by atoms with Gasteiger partial charge in [0.15, 0.2) is 0 Å². The third kappa shape index (κ3) is 3.39. The fourth-order valence-electron chi connectivity index (χ4n) is 3.46. The van der Waals surface area contributed by atoms with Crippen molar-refractivity contribution in [2.45, 2.75) is 38.6 Å². The van der Waals surface area contributed by atoms with Crippen LogP contribution in [0.2, 0.25) is 0 Å². The lowest BCUT2D eigenvalue weighted by molar-refractivity contribution is -0.140. The molecule has 2 amide bonds. The molecule has 1 aliphatic heterocycles. The summed E-state index contributed by atoms with van der Waals surface area (Å²) in [7, 11) is 1.80. The fourth-order valence-corrected chi connectivity index (χ4v) is 4.61. The molecule has 0 bridgehead atoms. The molecule has 1 saturated carbocycles. The van der Waals surface area contributed by atoms with E-state index in [9.17, 15) is 9.59 Å². The van der Waals surface area contributed by atoms with E-state index in [1.54, 1.807) is 23.7 Å². The molecular formula is C18H24N2O2S. The zero-order chi connectivity index (χ0) is 16.4. The van der Waals surface area contributed by atoms with Crippen LogP contribution in [0.1, 0.15) is 31.2 Å². The molecule has 2 fully saturated rings. The summed E-state index contributed by atoms with van der Waals surface area (Å²) in [4.78, 5) is 29.1. The van der Waals surface area contributed by atoms with Crippen LogP contribution in [0.4, 0.5) is 5.69 Å². The number of aryl methyl sites for hydroxylation is 1. The maximum Gasteiger partial charge on any atom is 0.250 e. The monoisotopic (exact) mass is 332 g/mol. The lowest BCUT2D eigenvalue weighted by Gasteiger charge is -2.29. The standard InChI is InChI=1S/C18H24N2O2S/c1-13-6-5-9-15(10-13)19(2)18(22)16-11-23-12-20(16)17(21)14-7-3-4-8-14/h5-6,9-10,14,16H,3-4,7-8,11-12H2,1-2H3. The lowest BCUT2D eigenvalue weighted by atomic mass is 10.1. The van der Waals surface area contributed by atoms with Crippen LogP contribution in [0.5, 0.6) is 0 Å². The average Bonchev–Trinajstić information content (AvgIpc) is 3.24. The minimum atomic E-state index is -0.321. The number of hydrogen-bond acceptors (Lipinski definition) is 3. The first-order chi connectivity index (χ1) is 11.1. The SMILES string of the molecule is Cc1cccc(N(C)C(=O)C2CSCN2C(=O)C2CCCC2)c1. The van der Waals surface area contributed by atoms with Crippen molar-refractivity contribution < 1.29 is 9.59 Å². The number of carbonyl (C=O) groups is 2. The van der Waals surface area contributed by atoms with Gasteiger partial charge in [0.2, 0.25) is 11.8 Å². The molecule has 0 N–H and O–H groups in total. The van der Waals surface area contributed by atoms with E-state index in [0.29, 0.717) is 11.6 Å². The summed E-state index contributed by atoms with van der Waals surface area (Å²) in [6, 6.07) is 7.60. The normalized spacial score (nSPS) is 21.7. The van der Waals surface area contributed by atoms with Gasteiger partial charge >= 0.3 is 0 Å². The van der Waals surface area contributed by atoms with E-state index in [4.69, 9.17) is 0 Å². The van der Waals surface area contributed by atoms with Gasteiger partial charge in [0.05, 0.1) is 5.88 Å². The second kappa shape index (κ2) is 6.95. The number of anilines is 1. The maximum absolute atomic E-state index is 12.9. The largest absolute Gasteiger partial charge is 0.320 e. The van der Waals surface area contributed by atoms with E-state index in [2.05, 4.69) is 0 Å². The minimum Gasteiger partial charge on any atom is -0.320 e. The van der Waals surface area contributed by atoms with E-state index in [0.717, 1.165) is 36.9 Å². The van der Waals surface area contributed by atoms with Crippen molar-refractivity contribution in [3.63, 3.8) is 0 Å². The minimum absolute atomic E-state index is 0.0203. The number of carbonyl (C=O) groups excluding carboxylic acids is 2. The first kappa shape index (κ1) is 16.4. The summed E-state index contributed by atoms with van der Waals surface area (Å²) in [5.41, 5.74) is 2.02. The summed E-state index contributed by atoms with van der Waals surface area (Å²) >= 11 is 1.68. The van der Waals surface area contributed by atoms with Crippen LogP contribution < -0.4 is 4.90 Å². The molecule has 1 heterocycles. The fraction of sp³-hybridized carbons (Fsp3) is 0.556. The van der Waals surface area contributed by atoms with Crippen molar-refractivity contribution >= 4 is 29.3 Å². The van der Waals surface area contributed by atoms with Crippen LogP contribution in [0, 0.1) is 12.8 Å². The molecule has 5 heteroatoms.